The number of para-hydroxylation sites is 2. The summed E-state index contributed by atoms with van der Waals surface area (Å²) in [6.07, 6.45) is 0.581. The fraction of sp³-hybridized carbons (Fsp3) is 0.231. The summed E-state index contributed by atoms with van der Waals surface area (Å²) < 4.78 is 5.44. The van der Waals surface area contributed by atoms with E-state index in [1.165, 1.54) is 0 Å². The molecular weight excluding hydrogens is 274 g/mol. The lowest BCUT2D eigenvalue weighted by Crippen LogP contribution is -2.54. The van der Waals surface area contributed by atoms with Gasteiger partial charge in [-0.05, 0) is 19.1 Å². The summed E-state index contributed by atoms with van der Waals surface area (Å²) in [7, 11) is 1.65. The normalized spacial score (nSPS) is 15.8. The van der Waals surface area contributed by atoms with Gasteiger partial charge in [0.25, 0.3) is 0 Å². The first-order valence-electron chi connectivity index (χ1n) is 6.37. The molecule has 1 aromatic carbocycles. The fourth-order valence-corrected chi connectivity index (χ4v) is 1.80. The number of ether oxygens (including phenoxy) is 1. The number of aliphatic imine (C=N–C) groups is 1. The Labute approximate surface area is 122 Å². The summed E-state index contributed by atoms with van der Waals surface area (Å²) in [6, 6.07) is 6.96. The zero-order valence-corrected chi connectivity index (χ0v) is 11.8. The van der Waals surface area contributed by atoms with Gasteiger partial charge in [-0.25, -0.2) is 10.2 Å². The SMILES string of the molecule is CCOC1=CC(=NC)NN(c2ccccc2NC(=O)O)N1. The Morgan fingerprint density at radius 2 is 2.19 bits per heavy atom. The maximum atomic E-state index is 10.9. The fourth-order valence-electron chi connectivity index (χ4n) is 1.80. The Hall–Kier alpha value is -2.90. The van der Waals surface area contributed by atoms with Crippen LogP contribution in [0.2, 0.25) is 0 Å². The predicted octanol–water partition coefficient (Wildman–Crippen LogP) is 1.51. The van der Waals surface area contributed by atoms with Gasteiger partial charge in [0.2, 0.25) is 5.88 Å². The molecule has 4 N–H and O–H groups in total. The molecule has 0 saturated heterocycles. The summed E-state index contributed by atoms with van der Waals surface area (Å²) in [5.41, 5.74) is 7.02. The standard InChI is InChI=1S/C13H17N5O3/c1-3-21-12-8-11(14-2)16-18(17-12)10-7-5-4-6-9(10)15-13(19)20/h4-8,15,17H,3H2,1-2H3,(H,14,16)(H,19,20). The number of hydrazine groups is 2. The van der Waals surface area contributed by atoms with Gasteiger partial charge in [-0.2, -0.15) is 5.12 Å². The molecule has 0 spiro atoms. The van der Waals surface area contributed by atoms with Crippen LogP contribution >= 0.6 is 0 Å². The lowest BCUT2D eigenvalue weighted by Gasteiger charge is -2.32. The maximum Gasteiger partial charge on any atom is 0.409 e. The van der Waals surface area contributed by atoms with Crippen LogP contribution < -0.4 is 21.3 Å². The van der Waals surface area contributed by atoms with E-state index >= 15 is 0 Å². The first-order valence-corrected chi connectivity index (χ1v) is 6.37. The van der Waals surface area contributed by atoms with E-state index in [0.29, 0.717) is 29.7 Å². The third-order valence-electron chi connectivity index (χ3n) is 2.64. The number of rotatable bonds is 4. The van der Waals surface area contributed by atoms with Crippen LogP contribution in [-0.4, -0.2) is 30.7 Å². The molecule has 0 aliphatic carbocycles. The number of hydrogen-bond donors (Lipinski definition) is 4. The molecule has 0 radical (unpaired) electrons. The van der Waals surface area contributed by atoms with Crippen molar-refractivity contribution in [2.45, 2.75) is 6.92 Å². The first-order chi connectivity index (χ1) is 10.1. The van der Waals surface area contributed by atoms with Gasteiger partial charge in [0, 0.05) is 13.1 Å². The minimum Gasteiger partial charge on any atom is -0.478 e. The molecule has 0 fully saturated rings. The molecule has 0 unspecified atom stereocenters. The molecule has 0 bridgehead atoms. The molecule has 8 heteroatoms. The number of benzene rings is 1. The highest BCUT2D eigenvalue weighted by Gasteiger charge is 2.19. The van der Waals surface area contributed by atoms with Crippen LogP contribution in [0.3, 0.4) is 0 Å². The molecule has 1 heterocycles. The van der Waals surface area contributed by atoms with Crippen molar-refractivity contribution in [1.29, 1.82) is 0 Å². The Kier molecular flexibility index (Phi) is 4.50. The van der Waals surface area contributed by atoms with E-state index in [-0.39, 0.29) is 0 Å². The zero-order valence-electron chi connectivity index (χ0n) is 11.8. The second-order valence-corrected chi connectivity index (χ2v) is 4.06. The smallest absolute Gasteiger partial charge is 0.409 e. The van der Waals surface area contributed by atoms with Crippen molar-refractivity contribution >= 4 is 23.3 Å². The second-order valence-electron chi connectivity index (χ2n) is 4.06. The number of hydrogen-bond acceptors (Lipinski definition) is 5. The van der Waals surface area contributed by atoms with Crippen molar-refractivity contribution in [2.24, 2.45) is 4.99 Å². The third-order valence-corrected chi connectivity index (χ3v) is 2.64. The van der Waals surface area contributed by atoms with Crippen LogP contribution in [-0.2, 0) is 4.74 Å². The number of carboxylic acid groups (broad SMARTS) is 1. The highest BCUT2D eigenvalue weighted by molar-refractivity contribution is 5.96. The van der Waals surface area contributed by atoms with Crippen molar-refractivity contribution in [1.82, 2.24) is 10.9 Å². The second kappa shape index (κ2) is 6.51. The summed E-state index contributed by atoms with van der Waals surface area (Å²) in [6.45, 7) is 2.37. The molecule has 8 nitrogen and oxygen atoms in total. The molecule has 2 rings (SSSR count). The zero-order chi connectivity index (χ0) is 15.2. The van der Waals surface area contributed by atoms with Gasteiger partial charge in [-0.1, -0.05) is 12.1 Å². The van der Waals surface area contributed by atoms with E-state index in [1.54, 1.807) is 42.5 Å². The van der Waals surface area contributed by atoms with Gasteiger partial charge in [-0.15, -0.1) is 0 Å². The van der Waals surface area contributed by atoms with Gasteiger partial charge in [0.15, 0.2) is 0 Å². The molecule has 112 valence electrons. The monoisotopic (exact) mass is 291 g/mol. The highest BCUT2D eigenvalue weighted by atomic mass is 16.5. The number of amidine groups is 1. The predicted molar refractivity (Wildman–Crippen MR) is 79.9 cm³/mol. The summed E-state index contributed by atoms with van der Waals surface area (Å²) >= 11 is 0. The van der Waals surface area contributed by atoms with Crippen LogP contribution in [0.4, 0.5) is 16.2 Å². The largest absolute Gasteiger partial charge is 0.478 e. The van der Waals surface area contributed by atoms with E-state index in [1.807, 2.05) is 6.92 Å². The van der Waals surface area contributed by atoms with E-state index in [9.17, 15) is 4.79 Å². The van der Waals surface area contributed by atoms with Gasteiger partial charge in [0.05, 0.1) is 12.3 Å². The number of carbonyl (C=O) groups is 1. The lowest BCUT2D eigenvalue weighted by molar-refractivity contribution is 0.200. The van der Waals surface area contributed by atoms with Crippen LogP contribution in [0, 0.1) is 0 Å². The molecule has 0 aromatic heterocycles. The van der Waals surface area contributed by atoms with Crippen molar-refractivity contribution in [3.8, 4) is 0 Å². The minimum absolute atomic E-state index is 0.429. The number of anilines is 2. The average molecular weight is 291 g/mol. The highest BCUT2D eigenvalue weighted by Crippen LogP contribution is 2.24. The lowest BCUT2D eigenvalue weighted by atomic mass is 10.2. The Balaban J connectivity index is 2.30. The molecule has 1 aromatic rings. The molecule has 0 atom stereocenters. The Bertz CT molecular complexity index is 585. The van der Waals surface area contributed by atoms with Crippen LogP contribution in [0.1, 0.15) is 6.92 Å². The van der Waals surface area contributed by atoms with Crippen molar-refractivity contribution < 1.29 is 14.6 Å². The molecular formula is C13H17N5O3. The van der Waals surface area contributed by atoms with E-state index in [4.69, 9.17) is 9.84 Å². The van der Waals surface area contributed by atoms with Crippen molar-refractivity contribution in [2.75, 3.05) is 24.1 Å². The molecule has 1 aliphatic rings. The van der Waals surface area contributed by atoms with Crippen LogP contribution in [0.5, 0.6) is 0 Å². The Morgan fingerprint density at radius 1 is 1.43 bits per heavy atom. The van der Waals surface area contributed by atoms with Crippen molar-refractivity contribution in [3.05, 3.63) is 36.2 Å². The quantitative estimate of drug-likeness (QED) is 0.671. The van der Waals surface area contributed by atoms with Gasteiger partial charge in [0.1, 0.15) is 11.5 Å². The first kappa shape index (κ1) is 14.5. The Morgan fingerprint density at radius 3 is 2.86 bits per heavy atom. The van der Waals surface area contributed by atoms with E-state index in [0.717, 1.165) is 0 Å². The summed E-state index contributed by atoms with van der Waals surface area (Å²) in [5.74, 6) is 1.10. The summed E-state index contributed by atoms with van der Waals surface area (Å²) in [4.78, 5) is 14.9. The number of amides is 1. The summed E-state index contributed by atoms with van der Waals surface area (Å²) in [5, 5.41) is 12.8. The number of nitrogens with one attached hydrogen (secondary N) is 3. The molecule has 1 amide bonds. The van der Waals surface area contributed by atoms with Crippen molar-refractivity contribution in [3.63, 3.8) is 0 Å². The minimum atomic E-state index is -1.13. The van der Waals surface area contributed by atoms with Gasteiger partial charge < -0.3 is 9.84 Å². The van der Waals surface area contributed by atoms with Gasteiger partial charge >= 0.3 is 6.09 Å². The topological polar surface area (TPSA) is 98.2 Å². The third kappa shape index (κ3) is 3.56. The van der Waals surface area contributed by atoms with Crippen LogP contribution in [0.25, 0.3) is 0 Å². The van der Waals surface area contributed by atoms with Crippen LogP contribution in [0.15, 0.2) is 41.2 Å². The molecule has 0 saturated carbocycles. The van der Waals surface area contributed by atoms with Gasteiger partial charge in [-0.3, -0.25) is 15.7 Å². The molecule has 1 aliphatic heterocycles. The average Bonchev–Trinajstić information content (AvgIpc) is 2.47. The van der Waals surface area contributed by atoms with E-state index in [2.05, 4.69) is 21.2 Å². The maximum absolute atomic E-state index is 10.9. The number of nitrogens with zero attached hydrogens (tertiary/aromatic N) is 2. The molecule has 21 heavy (non-hydrogen) atoms. The van der Waals surface area contributed by atoms with E-state index < -0.39 is 6.09 Å².